The number of carbonyl (C=O) groups is 4. The molecule has 34 heavy (non-hydrogen) atoms. The minimum Gasteiger partial charge on any atom is -0.423 e. The molecular formula is C21H34O13. The summed E-state index contributed by atoms with van der Waals surface area (Å²) in [5.74, 6) is -24.0. The first-order chi connectivity index (χ1) is 15.3. The van der Waals surface area contributed by atoms with Gasteiger partial charge in [-0.2, -0.15) is 0 Å². The zero-order valence-corrected chi connectivity index (χ0v) is 20.5. The molecule has 1 fully saturated rings. The van der Waals surface area contributed by atoms with Gasteiger partial charge in [0.1, 0.15) is 6.61 Å². The second-order valence-corrected chi connectivity index (χ2v) is 9.25. The molecule has 0 radical (unpaired) electrons. The number of rotatable bonds is 8. The first kappa shape index (κ1) is 29.7. The summed E-state index contributed by atoms with van der Waals surface area (Å²) >= 11 is 0. The Kier molecular flexibility index (Phi) is 8.84. The van der Waals surface area contributed by atoms with Gasteiger partial charge in [-0.25, -0.2) is 0 Å². The fraction of sp³-hybridized carbons (Fsp3) is 0.810. The van der Waals surface area contributed by atoms with Crippen molar-refractivity contribution in [1.29, 1.82) is 0 Å². The van der Waals surface area contributed by atoms with Crippen LogP contribution in [0.25, 0.3) is 0 Å². The molecule has 13 heteroatoms. The Balaban J connectivity index is 3.86. The Morgan fingerprint density at radius 2 is 0.912 bits per heavy atom. The smallest absolute Gasteiger partial charge is 0.404 e. The molecule has 0 amide bonds. The Bertz CT molecular complexity index is 740. The highest BCUT2D eigenvalue weighted by Crippen LogP contribution is 2.49. The second kappa shape index (κ2) is 10.1. The molecule has 13 nitrogen and oxygen atoms in total. The van der Waals surface area contributed by atoms with Gasteiger partial charge in [-0.3, -0.25) is 19.2 Å². The Morgan fingerprint density at radius 3 is 1.29 bits per heavy atom. The highest BCUT2D eigenvalue weighted by atomic mass is 16.9. The third kappa shape index (κ3) is 5.33. The SMILES string of the molecule is CC(C)C(=O)OC1(O)OC[C@@](O)(OC(=O)C(C)C)[C@](O)(OC(=O)C(C)C)[C@@]1(O)OC(=O)C(C)C. The zero-order valence-electron chi connectivity index (χ0n) is 20.5. The minimum absolute atomic E-state index is 0.903. The Hall–Kier alpha value is -2.32. The van der Waals surface area contributed by atoms with Crippen LogP contribution in [0.1, 0.15) is 55.4 Å². The predicted octanol–water partition coefficient (Wildman–Crippen LogP) is -0.475. The van der Waals surface area contributed by atoms with Crippen molar-refractivity contribution in [3.8, 4) is 0 Å². The molecule has 0 aromatic rings. The van der Waals surface area contributed by atoms with Gasteiger partial charge >= 0.3 is 47.2 Å². The average Bonchev–Trinajstić information content (AvgIpc) is 2.70. The fourth-order valence-corrected chi connectivity index (χ4v) is 2.42. The molecule has 0 aromatic heterocycles. The maximum atomic E-state index is 12.5. The quantitative estimate of drug-likeness (QED) is 0.192. The molecule has 1 unspecified atom stereocenters. The first-order valence-electron chi connectivity index (χ1n) is 10.7. The van der Waals surface area contributed by atoms with E-state index in [1.54, 1.807) is 0 Å². The molecule has 196 valence electrons. The topological polar surface area (TPSA) is 195 Å². The van der Waals surface area contributed by atoms with Crippen LogP contribution < -0.4 is 0 Å². The lowest BCUT2D eigenvalue weighted by atomic mass is 9.90. The summed E-state index contributed by atoms with van der Waals surface area (Å²) < 4.78 is 24.3. The second-order valence-electron chi connectivity index (χ2n) is 9.25. The zero-order chi connectivity index (χ0) is 26.9. The van der Waals surface area contributed by atoms with Crippen molar-refractivity contribution in [1.82, 2.24) is 0 Å². The van der Waals surface area contributed by atoms with Crippen LogP contribution in [0.15, 0.2) is 0 Å². The van der Waals surface area contributed by atoms with Crippen molar-refractivity contribution < 1.29 is 63.3 Å². The van der Waals surface area contributed by atoms with E-state index in [1.807, 2.05) is 0 Å². The van der Waals surface area contributed by atoms with Crippen LogP contribution in [0.2, 0.25) is 0 Å². The van der Waals surface area contributed by atoms with Crippen molar-refractivity contribution in [3.05, 3.63) is 0 Å². The van der Waals surface area contributed by atoms with Crippen molar-refractivity contribution >= 4 is 23.9 Å². The van der Waals surface area contributed by atoms with E-state index in [4.69, 9.17) is 23.7 Å². The first-order valence-corrected chi connectivity index (χ1v) is 10.7. The van der Waals surface area contributed by atoms with Gasteiger partial charge in [-0.15, -0.1) is 0 Å². The van der Waals surface area contributed by atoms with Crippen molar-refractivity contribution in [2.24, 2.45) is 23.7 Å². The molecule has 1 aliphatic heterocycles. The molecule has 4 atom stereocenters. The van der Waals surface area contributed by atoms with Gasteiger partial charge in [0.2, 0.25) is 0 Å². The third-order valence-corrected chi connectivity index (χ3v) is 4.77. The number of hydrogen-bond acceptors (Lipinski definition) is 13. The molecule has 0 saturated carbocycles. The average molecular weight is 494 g/mol. The molecule has 1 saturated heterocycles. The van der Waals surface area contributed by atoms with E-state index in [9.17, 15) is 39.6 Å². The van der Waals surface area contributed by atoms with Crippen LogP contribution in [0.4, 0.5) is 0 Å². The highest BCUT2D eigenvalue weighted by molar-refractivity contribution is 5.75. The van der Waals surface area contributed by atoms with E-state index in [-0.39, 0.29) is 0 Å². The monoisotopic (exact) mass is 494 g/mol. The normalized spacial score (nSPS) is 31.5. The molecule has 0 aliphatic carbocycles. The van der Waals surface area contributed by atoms with Crippen LogP contribution >= 0.6 is 0 Å². The molecule has 0 bridgehead atoms. The maximum Gasteiger partial charge on any atom is 0.404 e. The summed E-state index contributed by atoms with van der Waals surface area (Å²) in [7, 11) is 0. The van der Waals surface area contributed by atoms with Gasteiger partial charge in [-0.1, -0.05) is 55.4 Å². The largest absolute Gasteiger partial charge is 0.423 e. The van der Waals surface area contributed by atoms with Gasteiger partial charge in [0.05, 0.1) is 23.7 Å². The summed E-state index contributed by atoms with van der Waals surface area (Å²) in [6.07, 6.45) is 0. The molecule has 0 aromatic carbocycles. The standard InChI is InChI=1S/C21H34O13/c1-10(2)14(22)31-18(26)9-30-21(29,34-17(25)13(7)8)20(28,33-16(24)12(5)6)19(18,27)32-15(23)11(3)4/h10-13,26-29H,9H2,1-8H3/t18-,19+,20-,21?/m1/s1. The van der Waals surface area contributed by atoms with Crippen LogP contribution in [-0.2, 0) is 42.9 Å². The van der Waals surface area contributed by atoms with Gasteiger partial charge in [0.25, 0.3) is 0 Å². The minimum atomic E-state index is -4.04. The van der Waals surface area contributed by atoms with E-state index >= 15 is 0 Å². The van der Waals surface area contributed by atoms with E-state index in [0.29, 0.717) is 0 Å². The van der Waals surface area contributed by atoms with Gasteiger partial charge in [-0.05, 0) is 0 Å². The predicted molar refractivity (Wildman–Crippen MR) is 109 cm³/mol. The van der Waals surface area contributed by atoms with Gasteiger partial charge in [0, 0.05) is 0 Å². The lowest BCUT2D eigenvalue weighted by Crippen LogP contribution is -2.85. The lowest BCUT2D eigenvalue weighted by molar-refractivity contribution is -0.580. The van der Waals surface area contributed by atoms with E-state index in [1.165, 1.54) is 55.4 Å². The van der Waals surface area contributed by atoms with E-state index in [0.717, 1.165) is 0 Å². The third-order valence-electron chi connectivity index (χ3n) is 4.77. The number of esters is 4. The summed E-state index contributed by atoms with van der Waals surface area (Å²) in [5.41, 5.74) is 0. The van der Waals surface area contributed by atoms with E-state index < -0.39 is 77.5 Å². The van der Waals surface area contributed by atoms with Crippen LogP contribution in [-0.4, -0.2) is 74.2 Å². The summed E-state index contributed by atoms with van der Waals surface area (Å²) in [6.45, 7) is 9.26. The van der Waals surface area contributed by atoms with Crippen LogP contribution in [0.3, 0.4) is 0 Å². The molecular weight excluding hydrogens is 460 g/mol. The molecule has 1 heterocycles. The highest BCUT2D eigenvalue weighted by Gasteiger charge is 2.85. The number of hydrogen-bond donors (Lipinski definition) is 4. The van der Waals surface area contributed by atoms with Crippen LogP contribution in [0, 0.1) is 23.7 Å². The Labute approximate surface area is 196 Å². The molecule has 0 spiro atoms. The van der Waals surface area contributed by atoms with Crippen molar-refractivity contribution in [2.75, 3.05) is 6.61 Å². The molecule has 4 N–H and O–H groups in total. The number of aliphatic hydroxyl groups is 4. The number of carbonyl (C=O) groups excluding carboxylic acids is 4. The van der Waals surface area contributed by atoms with E-state index in [2.05, 4.69) is 0 Å². The van der Waals surface area contributed by atoms with Crippen LogP contribution in [0.5, 0.6) is 0 Å². The maximum absolute atomic E-state index is 12.5. The Morgan fingerprint density at radius 1 is 0.588 bits per heavy atom. The van der Waals surface area contributed by atoms with Crippen molar-refractivity contribution in [2.45, 2.75) is 78.7 Å². The van der Waals surface area contributed by atoms with Crippen molar-refractivity contribution in [3.63, 3.8) is 0 Å². The van der Waals surface area contributed by atoms with Gasteiger partial charge in [0.15, 0.2) is 0 Å². The van der Waals surface area contributed by atoms with Gasteiger partial charge < -0.3 is 44.1 Å². The lowest BCUT2D eigenvalue weighted by Gasteiger charge is -2.55. The summed E-state index contributed by atoms with van der Waals surface area (Å²) in [5, 5.41) is 45.0. The summed E-state index contributed by atoms with van der Waals surface area (Å²) in [4.78, 5) is 49.4. The molecule has 1 rings (SSSR count). The molecule has 1 aliphatic rings. The summed E-state index contributed by atoms with van der Waals surface area (Å²) in [6, 6.07) is 0. The number of ether oxygens (including phenoxy) is 5. The fourth-order valence-electron chi connectivity index (χ4n) is 2.42.